The summed E-state index contributed by atoms with van der Waals surface area (Å²) in [6.45, 7) is 6.90. The van der Waals surface area contributed by atoms with Crippen LogP contribution < -0.4 is 4.74 Å². The normalized spacial score (nSPS) is 16.3. The lowest BCUT2D eigenvalue weighted by Crippen LogP contribution is -2.38. The fraction of sp³-hybridized carbons (Fsp3) is 0.360. The van der Waals surface area contributed by atoms with Gasteiger partial charge >= 0.3 is 0 Å². The van der Waals surface area contributed by atoms with Gasteiger partial charge < -0.3 is 9.29 Å². The highest BCUT2D eigenvalue weighted by Crippen LogP contribution is 2.31. The summed E-state index contributed by atoms with van der Waals surface area (Å²) in [5.41, 5.74) is 4.88. The van der Waals surface area contributed by atoms with E-state index < -0.39 is 10.4 Å². The summed E-state index contributed by atoms with van der Waals surface area (Å²) in [7, 11) is -1.92. The zero-order chi connectivity index (χ0) is 22.9. The van der Waals surface area contributed by atoms with Crippen LogP contribution in [0.4, 0.5) is 0 Å². The Labute approximate surface area is 191 Å². The van der Waals surface area contributed by atoms with E-state index in [1.807, 2.05) is 43.3 Å². The highest BCUT2D eigenvalue weighted by atomic mass is 32.3. The second kappa shape index (κ2) is 9.10. The molecular weight excluding hydrogens is 422 g/mol. The number of aromatic nitrogens is 2. The van der Waals surface area contributed by atoms with Gasteiger partial charge in [-0.3, -0.25) is 0 Å². The van der Waals surface area contributed by atoms with Crippen LogP contribution in [-0.4, -0.2) is 39.0 Å². The van der Waals surface area contributed by atoms with Gasteiger partial charge in [0.25, 0.3) is 0 Å². The second-order valence-electron chi connectivity index (χ2n) is 8.46. The molecule has 0 spiro atoms. The Bertz CT molecular complexity index is 1140. The van der Waals surface area contributed by atoms with E-state index in [2.05, 4.69) is 13.8 Å². The van der Waals surface area contributed by atoms with Gasteiger partial charge in [-0.05, 0) is 49.7 Å². The SMILES string of the molecule is COc1ccc(-c2nc(C(C)C)nc3c2CCN([S+](=O)([O-])c2ccc(C)cc2)CC3)cc1. The number of hydrogen-bond acceptors (Lipinski definition) is 5. The summed E-state index contributed by atoms with van der Waals surface area (Å²) in [6, 6.07) is 14.9. The second-order valence-corrected chi connectivity index (χ2v) is 10.4. The lowest BCUT2D eigenvalue weighted by Gasteiger charge is -2.26. The predicted molar refractivity (Wildman–Crippen MR) is 125 cm³/mol. The molecule has 0 bridgehead atoms. The van der Waals surface area contributed by atoms with E-state index in [1.165, 1.54) is 0 Å². The van der Waals surface area contributed by atoms with Gasteiger partial charge in [-0.1, -0.05) is 35.8 Å². The molecule has 1 aliphatic heterocycles. The first-order valence-electron chi connectivity index (χ1n) is 10.9. The van der Waals surface area contributed by atoms with Crippen LogP contribution in [-0.2, 0) is 27.5 Å². The van der Waals surface area contributed by atoms with Crippen molar-refractivity contribution in [2.24, 2.45) is 0 Å². The number of methoxy groups -OCH3 is 1. The smallest absolute Gasteiger partial charge is 0.175 e. The number of nitrogens with zero attached hydrogens (tertiary/aromatic N) is 3. The van der Waals surface area contributed by atoms with E-state index in [0.717, 1.165) is 39.7 Å². The minimum atomic E-state index is -3.56. The Morgan fingerprint density at radius 2 is 1.66 bits per heavy atom. The molecule has 2 aromatic carbocycles. The Morgan fingerprint density at radius 1 is 1.00 bits per heavy atom. The number of benzene rings is 2. The molecule has 2 heterocycles. The maximum Gasteiger partial charge on any atom is 0.175 e. The van der Waals surface area contributed by atoms with Gasteiger partial charge in [0.2, 0.25) is 0 Å². The predicted octanol–water partition coefficient (Wildman–Crippen LogP) is 4.59. The number of fused-ring (bicyclic) bond motifs is 1. The van der Waals surface area contributed by atoms with Gasteiger partial charge in [0.15, 0.2) is 15.3 Å². The molecule has 32 heavy (non-hydrogen) atoms. The molecule has 0 saturated carbocycles. The fourth-order valence-electron chi connectivity index (χ4n) is 3.94. The van der Waals surface area contributed by atoms with Crippen molar-refractivity contribution in [1.82, 2.24) is 14.3 Å². The van der Waals surface area contributed by atoms with E-state index in [4.69, 9.17) is 14.7 Å². The van der Waals surface area contributed by atoms with Crippen molar-refractivity contribution >= 4 is 10.4 Å². The first-order valence-corrected chi connectivity index (χ1v) is 12.3. The summed E-state index contributed by atoms with van der Waals surface area (Å²) in [5.74, 6) is 1.74. The molecule has 4 rings (SSSR count). The highest BCUT2D eigenvalue weighted by Gasteiger charge is 2.33. The largest absolute Gasteiger partial charge is 0.593 e. The van der Waals surface area contributed by atoms with Crippen molar-refractivity contribution < 1.29 is 13.5 Å². The molecule has 0 radical (unpaired) electrons. The van der Waals surface area contributed by atoms with E-state index in [-0.39, 0.29) is 5.92 Å². The molecule has 3 aromatic rings. The minimum absolute atomic E-state index is 0.174. The summed E-state index contributed by atoms with van der Waals surface area (Å²) in [6.07, 6.45) is 1.13. The number of rotatable bonds is 5. The molecule has 1 aromatic heterocycles. The molecule has 1 aliphatic rings. The maximum atomic E-state index is 13.3. The van der Waals surface area contributed by atoms with Gasteiger partial charge in [-0.25, -0.2) is 9.97 Å². The molecule has 0 saturated heterocycles. The van der Waals surface area contributed by atoms with Gasteiger partial charge in [-0.15, -0.1) is 4.31 Å². The maximum absolute atomic E-state index is 13.3. The average Bonchev–Trinajstić information content (AvgIpc) is 3.02. The van der Waals surface area contributed by atoms with Crippen LogP contribution in [0.15, 0.2) is 53.4 Å². The Morgan fingerprint density at radius 3 is 2.28 bits per heavy atom. The molecule has 0 aliphatic carbocycles. The molecule has 0 amide bonds. The number of hydrogen-bond donors (Lipinski definition) is 0. The monoisotopic (exact) mass is 451 g/mol. The Hall–Kier alpha value is -2.61. The third kappa shape index (κ3) is 4.46. The number of sulfonamides is 1. The van der Waals surface area contributed by atoms with Crippen LogP contribution in [0.25, 0.3) is 11.3 Å². The molecule has 1 atom stereocenters. The fourth-order valence-corrected chi connectivity index (χ4v) is 5.38. The molecule has 0 N–H and O–H groups in total. The zero-order valence-electron chi connectivity index (χ0n) is 19.0. The van der Waals surface area contributed by atoms with Crippen molar-refractivity contribution in [2.45, 2.75) is 44.4 Å². The highest BCUT2D eigenvalue weighted by molar-refractivity contribution is 7.95. The molecule has 168 valence electrons. The average molecular weight is 452 g/mol. The number of ether oxygens (including phenoxy) is 1. The lowest BCUT2D eigenvalue weighted by molar-refractivity contribution is 0.363. The van der Waals surface area contributed by atoms with Crippen molar-refractivity contribution in [2.75, 3.05) is 20.2 Å². The molecule has 1 unspecified atom stereocenters. The van der Waals surface area contributed by atoms with Gasteiger partial charge in [0.1, 0.15) is 11.6 Å². The van der Waals surface area contributed by atoms with Gasteiger partial charge in [-0.2, -0.15) is 0 Å². The van der Waals surface area contributed by atoms with Crippen LogP contribution >= 0.6 is 0 Å². The third-order valence-corrected chi connectivity index (χ3v) is 7.77. The van der Waals surface area contributed by atoms with E-state index in [0.29, 0.717) is 30.8 Å². The number of aryl methyl sites for hydroxylation is 1. The topological polar surface area (TPSA) is 78.4 Å². The lowest BCUT2D eigenvalue weighted by atomic mass is 10.00. The molecule has 6 nitrogen and oxygen atoms in total. The van der Waals surface area contributed by atoms with Crippen LogP contribution in [0.5, 0.6) is 5.75 Å². The van der Waals surface area contributed by atoms with Crippen LogP contribution in [0.2, 0.25) is 0 Å². The summed E-state index contributed by atoms with van der Waals surface area (Å²) in [4.78, 5) is 10.1. The van der Waals surface area contributed by atoms with Crippen molar-refractivity contribution in [3.8, 4) is 17.0 Å². The van der Waals surface area contributed by atoms with Crippen LogP contribution in [0.1, 0.15) is 42.4 Å². The standard InChI is InChI=1S/C25H29N3O3S/c1-17(2)25-26-23-14-16-28(32(29,30)21-11-5-18(3)6-12-21)15-13-22(23)24(27-25)19-7-9-20(31-4)10-8-19/h5-12,17H,13-16H2,1-4H3. The minimum Gasteiger partial charge on any atom is -0.593 e. The van der Waals surface area contributed by atoms with Gasteiger partial charge in [0.05, 0.1) is 12.8 Å². The zero-order valence-corrected chi connectivity index (χ0v) is 19.8. The van der Waals surface area contributed by atoms with Crippen LogP contribution in [0.3, 0.4) is 0 Å². The quantitative estimate of drug-likeness (QED) is 0.530. The first kappa shape index (κ1) is 22.6. The van der Waals surface area contributed by atoms with Crippen LogP contribution in [0, 0.1) is 6.92 Å². The van der Waals surface area contributed by atoms with E-state index in [1.54, 1.807) is 23.5 Å². The van der Waals surface area contributed by atoms with Crippen molar-refractivity contribution in [3.63, 3.8) is 0 Å². The summed E-state index contributed by atoms with van der Waals surface area (Å²) < 4.78 is 33.4. The van der Waals surface area contributed by atoms with Crippen molar-refractivity contribution in [3.05, 3.63) is 71.2 Å². The molecule has 7 heteroatoms. The van der Waals surface area contributed by atoms with Crippen molar-refractivity contribution in [1.29, 1.82) is 0 Å². The van der Waals surface area contributed by atoms with E-state index in [9.17, 15) is 8.76 Å². The van der Waals surface area contributed by atoms with E-state index >= 15 is 0 Å². The summed E-state index contributed by atoms with van der Waals surface area (Å²) >= 11 is 0. The Balaban J connectivity index is 1.70. The third-order valence-electron chi connectivity index (χ3n) is 5.86. The van der Waals surface area contributed by atoms with Gasteiger partial charge in [0, 0.05) is 42.2 Å². The first-order chi connectivity index (χ1) is 15.3. The summed E-state index contributed by atoms with van der Waals surface area (Å²) in [5, 5.41) is 0. The molecular formula is C25H29N3O3S. The molecule has 0 fully saturated rings. The Kier molecular flexibility index (Phi) is 6.42.